The Morgan fingerprint density at radius 2 is 0.648 bits per heavy atom. The van der Waals surface area contributed by atoms with Crippen LogP contribution in [0.3, 0.4) is 0 Å². The maximum Gasteiger partial charge on any atom is 0.306 e. The molecule has 512 valence electrons. The molecule has 0 radical (unpaired) electrons. The molecule has 0 saturated carbocycles. The van der Waals surface area contributed by atoms with E-state index in [0.717, 1.165) is 77.0 Å². The van der Waals surface area contributed by atoms with E-state index >= 15 is 0 Å². The Hall–Kier alpha value is -2.81. The van der Waals surface area contributed by atoms with Crippen molar-refractivity contribution in [3.05, 3.63) is 85.1 Å². The van der Waals surface area contributed by atoms with E-state index in [9.17, 15) is 19.0 Å². The molecule has 0 aliphatic rings. The molecule has 0 aromatic rings. The average molecular weight is 1250 g/mol. The molecule has 88 heavy (non-hydrogen) atoms. The van der Waals surface area contributed by atoms with Crippen LogP contribution in [-0.4, -0.2) is 70.0 Å². The van der Waals surface area contributed by atoms with Gasteiger partial charge in [0.05, 0.1) is 27.7 Å². The summed E-state index contributed by atoms with van der Waals surface area (Å²) in [6.07, 6.45) is 94.0. The van der Waals surface area contributed by atoms with Crippen molar-refractivity contribution in [1.29, 1.82) is 0 Å². The fourth-order valence-corrected chi connectivity index (χ4v) is 11.4. The maximum atomic E-state index is 12.9. The van der Waals surface area contributed by atoms with Crippen LogP contribution >= 0.6 is 7.82 Å². The molecular weight excluding hydrogens is 1110 g/mol. The van der Waals surface area contributed by atoms with Crippen LogP contribution in [-0.2, 0) is 32.7 Å². The van der Waals surface area contributed by atoms with Crippen LogP contribution in [0.15, 0.2) is 85.1 Å². The van der Waals surface area contributed by atoms with Gasteiger partial charge in [-0.3, -0.25) is 14.2 Å². The summed E-state index contributed by atoms with van der Waals surface area (Å²) < 4.78 is 34.4. The number of hydrogen-bond acceptors (Lipinski definition) is 8. The van der Waals surface area contributed by atoms with E-state index in [0.29, 0.717) is 17.4 Å². The number of ether oxygens (including phenoxy) is 2. The van der Waals surface area contributed by atoms with Gasteiger partial charge in [-0.25, -0.2) is 0 Å². The SMILES string of the molecule is CC/C=C\C/C=C\C/C=C\C/C=C\C/C=C\CCCCCCCCCCCCCCCCCCCCCCCC(=O)OC(COC(=O)CCCCCCCCCCCCCCCCC/C=C\C/C=C\CCCCCCC)COP(=O)([O-])OCC[N+](C)(C)C. The second-order valence-electron chi connectivity index (χ2n) is 26.3. The van der Waals surface area contributed by atoms with E-state index in [2.05, 4.69) is 98.9 Å². The number of quaternary nitrogens is 1. The first-order chi connectivity index (χ1) is 43.0. The van der Waals surface area contributed by atoms with Gasteiger partial charge >= 0.3 is 11.9 Å². The Morgan fingerprint density at radius 3 is 0.966 bits per heavy atom. The Bertz CT molecular complexity index is 1760. The van der Waals surface area contributed by atoms with Crippen molar-refractivity contribution in [2.45, 2.75) is 354 Å². The van der Waals surface area contributed by atoms with E-state index in [1.54, 1.807) is 0 Å². The molecule has 0 aliphatic heterocycles. The zero-order valence-electron chi connectivity index (χ0n) is 58.4. The van der Waals surface area contributed by atoms with Gasteiger partial charge in [-0.2, -0.15) is 0 Å². The summed E-state index contributed by atoms with van der Waals surface area (Å²) in [6, 6.07) is 0. The number of likely N-dealkylation sites (N-methyl/N-ethyl adjacent to an activating group) is 1. The molecule has 0 aromatic carbocycles. The molecule has 0 bridgehead atoms. The van der Waals surface area contributed by atoms with Gasteiger partial charge in [0.15, 0.2) is 6.10 Å². The first kappa shape index (κ1) is 85.2. The molecule has 0 fully saturated rings. The second kappa shape index (κ2) is 68.6. The molecule has 0 rings (SSSR count). The van der Waals surface area contributed by atoms with E-state index in [1.165, 1.54) is 238 Å². The van der Waals surface area contributed by atoms with Gasteiger partial charge < -0.3 is 27.9 Å². The van der Waals surface area contributed by atoms with E-state index in [1.807, 2.05) is 21.1 Å². The highest BCUT2D eigenvalue weighted by Crippen LogP contribution is 2.38. The van der Waals surface area contributed by atoms with Crippen LogP contribution in [0.5, 0.6) is 0 Å². The van der Waals surface area contributed by atoms with Crippen molar-refractivity contribution >= 4 is 19.8 Å². The number of phosphoric ester groups is 1. The molecule has 2 unspecified atom stereocenters. The number of allylic oxidation sites excluding steroid dienone is 14. The predicted molar refractivity (Wildman–Crippen MR) is 379 cm³/mol. The van der Waals surface area contributed by atoms with Gasteiger partial charge in [0.25, 0.3) is 7.82 Å². The number of esters is 2. The van der Waals surface area contributed by atoms with Crippen LogP contribution in [0.1, 0.15) is 348 Å². The third kappa shape index (κ3) is 72.3. The standard InChI is InChI=1S/C78H142NO8P/c1-6-8-10-12-14-16-18-20-22-24-26-28-30-32-34-35-36-37-38-39-40-41-42-43-45-47-49-51-53-55-57-59-61-63-65-67-69-71-78(81)87-76(75-86-88(82,83)85-73-72-79(3,4)5)74-84-77(80)70-68-66-64-62-60-58-56-54-52-50-48-46-44-33-31-29-27-25-23-21-19-17-15-13-11-9-7-2/h8,10,14,16,19-22,25-28,32,34,76H,6-7,9,11-13,15,17-18,23-24,29-31,33,35-75H2,1-5H3/b10-8-,16-14-,21-19-,22-20-,27-25-,28-26-,34-32-. The zero-order chi connectivity index (χ0) is 64.1. The molecule has 0 aromatic heterocycles. The van der Waals surface area contributed by atoms with Crippen molar-refractivity contribution in [1.82, 2.24) is 0 Å². The summed E-state index contributed by atoms with van der Waals surface area (Å²) >= 11 is 0. The molecule has 0 heterocycles. The summed E-state index contributed by atoms with van der Waals surface area (Å²) in [6.45, 7) is 4.17. The van der Waals surface area contributed by atoms with E-state index in [4.69, 9.17) is 18.5 Å². The largest absolute Gasteiger partial charge is 0.756 e. The maximum absolute atomic E-state index is 12.9. The molecule has 0 saturated heterocycles. The first-order valence-electron chi connectivity index (χ1n) is 37.3. The Labute approximate surface area is 545 Å². The van der Waals surface area contributed by atoms with Crippen LogP contribution in [0, 0.1) is 0 Å². The lowest BCUT2D eigenvalue weighted by atomic mass is 10.0. The number of nitrogens with zero attached hydrogens (tertiary/aromatic N) is 1. The van der Waals surface area contributed by atoms with Crippen LogP contribution in [0.25, 0.3) is 0 Å². The van der Waals surface area contributed by atoms with Crippen molar-refractivity contribution in [2.24, 2.45) is 0 Å². The highest BCUT2D eigenvalue weighted by Gasteiger charge is 2.22. The first-order valence-corrected chi connectivity index (χ1v) is 38.8. The molecule has 0 amide bonds. The second-order valence-corrected chi connectivity index (χ2v) is 27.7. The topological polar surface area (TPSA) is 111 Å². The number of carbonyl (C=O) groups excluding carboxylic acids is 2. The summed E-state index contributed by atoms with van der Waals surface area (Å²) in [5.74, 6) is -0.818. The number of unbranched alkanes of at least 4 members (excludes halogenated alkanes) is 41. The minimum atomic E-state index is -4.64. The predicted octanol–water partition coefficient (Wildman–Crippen LogP) is 23.9. The van der Waals surface area contributed by atoms with E-state index < -0.39 is 26.5 Å². The third-order valence-electron chi connectivity index (χ3n) is 16.4. The lowest BCUT2D eigenvalue weighted by Crippen LogP contribution is -2.37. The van der Waals surface area contributed by atoms with Crippen LogP contribution < -0.4 is 4.89 Å². The number of hydrogen-bond donors (Lipinski definition) is 0. The van der Waals surface area contributed by atoms with Gasteiger partial charge in [-0.05, 0) is 89.9 Å². The highest BCUT2D eigenvalue weighted by molar-refractivity contribution is 7.45. The van der Waals surface area contributed by atoms with Crippen LogP contribution in [0.4, 0.5) is 0 Å². The highest BCUT2D eigenvalue weighted by atomic mass is 31.2. The fourth-order valence-electron chi connectivity index (χ4n) is 10.7. The van der Waals surface area contributed by atoms with Gasteiger partial charge in [0.2, 0.25) is 0 Å². The molecule has 0 aliphatic carbocycles. The molecule has 0 spiro atoms. The van der Waals surface area contributed by atoms with Gasteiger partial charge in [0.1, 0.15) is 19.8 Å². The van der Waals surface area contributed by atoms with Crippen molar-refractivity contribution < 1.29 is 42.1 Å². The number of phosphoric acid groups is 1. The Kier molecular flexibility index (Phi) is 66.4. The molecule has 9 nitrogen and oxygen atoms in total. The third-order valence-corrected chi connectivity index (χ3v) is 17.4. The molecule has 2 atom stereocenters. The Balaban J connectivity index is 3.97. The van der Waals surface area contributed by atoms with Crippen molar-refractivity contribution in [3.8, 4) is 0 Å². The normalized spacial score (nSPS) is 13.6. The smallest absolute Gasteiger partial charge is 0.306 e. The zero-order valence-corrected chi connectivity index (χ0v) is 59.3. The van der Waals surface area contributed by atoms with Crippen molar-refractivity contribution in [2.75, 3.05) is 47.5 Å². The monoisotopic (exact) mass is 1250 g/mol. The molecular formula is C78H142NO8P. The lowest BCUT2D eigenvalue weighted by molar-refractivity contribution is -0.870. The summed E-state index contributed by atoms with van der Waals surface area (Å²) in [7, 11) is 1.18. The minimum Gasteiger partial charge on any atom is -0.756 e. The average Bonchev–Trinajstić information content (AvgIpc) is 3.68. The van der Waals surface area contributed by atoms with E-state index in [-0.39, 0.29) is 32.0 Å². The summed E-state index contributed by atoms with van der Waals surface area (Å²) in [5.41, 5.74) is 0. The molecule has 0 N–H and O–H groups in total. The quantitative estimate of drug-likeness (QED) is 0.0195. The van der Waals surface area contributed by atoms with Crippen LogP contribution in [0.2, 0.25) is 0 Å². The summed E-state index contributed by atoms with van der Waals surface area (Å²) in [5, 5.41) is 0. The van der Waals surface area contributed by atoms with Gasteiger partial charge in [0, 0.05) is 12.8 Å². The Morgan fingerprint density at radius 1 is 0.364 bits per heavy atom. The minimum absolute atomic E-state index is 0.0306. The fraction of sp³-hybridized carbons (Fsp3) is 0.795. The molecule has 10 heteroatoms. The number of rotatable bonds is 69. The lowest BCUT2D eigenvalue weighted by Gasteiger charge is -2.28. The summed E-state index contributed by atoms with van der Waals surface area (Å²) in [4.78, 5) is 38.1. The van der Waals surface area contributed by atoms with Crippen molar-refractivity contribution in [3.63, 3.8) is 0 Å². The number of carbonyl (C=O) groups is 2. The van der Waals surface area contributed by atoms with Gasteiger partial charge in [-0.15, -0.1) is 0 Å². The van der Waals surface area contributed by atoms with Gasteiger partial charge in [-0.1, -0.05) is 330 Å².